The molecular weight excluding hydrogens is 576 g/mol. The number of allylic oxidation sites excluding steroid dienone is 3. The summed E-state index contributed by atoms with van der Waals surface area (Å²) in [5.74, 6) is 6.62. The van der Waals surface area contributed by atoms with Crippen molar-refractivity contribution in [2.75, 3.05) is 5.73 Å². The quantitative estimate of drug-likeness (QED) is 0.159. The fraction of sp³-hybridized carbons (Fsp3) is 0.162. The van der Waals surface area contributed by atoms with Gasteiger partial charge in [0.2, 0.25) is 0 Å². The van der Waals surface area contributed by atoms with Crippen LogP contribution >= 0.6 is 0 Å². The zero-order chi connectivity index (χ0) is 32.8. The summed E-state index contributed by atoms with van der Waals surface area (Å²) in [4.78, 5) is 41.4. The maximum atomic E-state index is 14.2. The van der Waals surface area contributed by atoms with Crippen molar-refractivity contribution in [3.8, 4) is 34.5 Å². The van der Waals surface area contributed by atoms with Gasteiger partial charge in [-0.05, 0) is 76.2 Å². The minimum atomic E-state index is -0.729. The lowest BCUT2D eigenvalue weighted by Gasteiger charge is -2.20. The van der Waals surface area contributed by atoms with Crippen molar-refractivity contribution < 1.29 is 9.53 Å². The van der Waals surface area contributed by atoms with Gasteiger partial charge < -0.3 is 15.8 Å². The molecule has 0 aliphatic carbocycles. The number of benzene rings is 3. The summed E-state index contributed by atoms with van der Waals surface area (Å²) in [6.07, 6.45) is 5.06. The molecule has 9 heteroatoms. The van der Waals surface area contributed by atoms with Gasteiger partial charge >= 0.3 is 0 Å². The Bertz CT molecular complexity index is 2070. The largest absolute Gasteiger partial charge is 0.491 e. The Hall–Kier alpha value is -6.01. The molecule has 0 bridgehead atoms. The Labute approximate surface area is 267 Å². The number of hydrogen-bond acceptors (Lipinski definition) is 7. The van der Waals surface area contributed by atoms with E-state index in [0.717, 1.165) is 16.9 Å². The molecule has 0 saturated heterocycles. The van der Waals surface area contributed by atoms with Crippen molar-refractivity contribution in [2.45, 2.75) is 39.8 Å². The molecule has 46 heavy (non-hydrogen) atoms. The SMILES string of the molecule is C=C/C(C#Cc1cccc2nc([C@@H](C)NC(=O)c3nc(-c4ccc(OC(C)C)cc4)cnc3N)n(-c3ccccc3)c(=O)c12)=C\C. The van der Waals surface area contributed by atoms with E-state index in [-0.39, 0.29) is 23.2 Å². The number of aromatic nitrogens is 4. The van der Waals surface area contributed by atoms with E-state index in [1.54, 1.807) is 43.3 Å². The summed E-state index contributed by atoms with van der Waals surface area (Å²) < 4.78 is 7.22. The van der Waals surface area contributed by atoms with Gasteiger partial charge in [0.15, 0.2) is 11.5 Å². The predicted molar refractivity (Wildman–Crippen MR) is 182 cm³/mol. The summed E-state index contributed by atoms with van der Waals surface area (Å²) in [6.45, 7) is 11.3. The fourth-order valence-electron chi connectivity index (χ4n) is 4.86. The number of rotatable bonds is 8. The average Bonchev–Trinajstić information content (AvgIpc) is 3.05. The highest BCUT2D eigenvalue weighted by Gasteiger charge is 2.23. The van der Waals surface area contributed by atoms with Gasteiger partial charge in [0.05, 0.1) is 40.6 Å². The Balaban J connectivity index is 1.54. The first-order chi connectivity index (χ1) is 22.2. The van der Waals surface area contributed by atoms with E-state index in [4.69, 9.17) is 15.5 Å². The second kappa shape index (κ2) is 13.7. The second-order valence-electron chi connectivity index (χ2n) is 10.7. The number of nitrogens with zero attached hydrogens (tertiary/aromatic N) is 4. The molecule has 0 aliphatic heterocycles. The number of fused-ring (bicyclic) bond motifs is 1. The highest BCUT2D eigenvalue weighted by Crippen LogP contribution is 2.24. The molecule has 0 radical (unpaired) electrons. The van der Waals surface area contributed by atoms with Gasteiger partial charge in [-0.2, -0.15) is 0 Å². The molecule has 1 amide bonds. The second-order valence-corrected chi connectivity index (χ2v) is 10.7. The Morgan fingerprint density at radius 1 is 1.02 bits per heavy atom. The highest BCUT2D eigenvalue weighted by molar-refractivity contribution is 5.97. The Morgan fingerprint density at radius 3 is 2.43 bits per heavy atom. The number of carbonyl (C=O) groups excluding carboxylic acids is 1. The molecule has 0 spiro atoms. The Kier molecular flexibility index (Phi) is 9.39. The van der Waals surface area contributed by atoms with Crippen molar-refractivity contribution >= 4 is 22.6 Å². The molecule has 5 aromatic rings. The number of nitrogen functional groups attached to an aromatic ring is 1. The number of para-hydroxylation sites is 1. The predicted octanol–water partition coefficient (Wildman–Crippen LogP) is 6.19. The van der Waals surface area contributed by atoms with Gasteiger partial charge in [0, 0.05) is 16.7 Å². The van der Waals surface area contributed by atoms with Crippen molar-refractivity contribution in [1.29, 1.82) is 0 Å². The van der Waals surface area contributed by atoms with E-state index in [2.05, 4.69) is 33.7 Å². The molecule has 0 saturated carbocycles. The molecule has 3 N–H and O–H groups in total. The number of anilines is 1. The molecule has 9 nitrogen and oxygen atoms in total. The first-order valence-electron chi connectivity index (χ1n) is 14.8. The lowest BCUT2D eigenvalue weighted by molar-refractivity contribution is 0.0933. The molecule has 2 heterocycles. The first kappa shape index (κ1) is 31.4. The van der Waals surface area contributed by atoms with Crippen LogP contribution in [0.5, 0.6) is 5.75 Å². The van der Waals surface area contributed by atoms with E-state index in [1.807, 2.05) is 69.3 Å². The minimum Gasteiger partial charge on any atom is -0.491 e. The highest BCUT2D eigenvalue weighted by atomic mass is 16.5. The van der Waals surface area contributed by atoms with Crippen LogP contribution in [0.4, 0.5) is 5.82 Å². The molecule has 5 rings (SSSR count). The summed E-state index contributed by atoms with van der Waals surface area (Å²) >= 11 is 0. The Morgan fingerprint density at radius 2 is 1.76 bits per heavy atom. The third-order valence-electron chi connectivity index (χ3n) is 7.08. The summed E-state index contributed by atoms with van der Waals surface area (Å²) in [6, 6.07) is 21.1. The number of ether oxygens (including phenoxy) is 1. The molecule has 3 aromatic carbocycles. The van der Waals surface area contributed by atoms with Gasteiger partial charge in [-0.1, -0.05) is 54.8 Å². The molecule has 230 valence electrons. The minimum absolute atomic E-state index is 0.0247. The van der Waals surface area contributed by atoms with E-state index in [1.165, 1.54) is 10.8 Å². The fourth-order valence-corrected chi connectivity index (χ4v) is 4.86. The standard InChI is InChI=1S/C37H34N6O3/c1-6-25(7-2)16-17-27-12-11-15-30-32(27)37(45)43(28-13-9-8-10-14-28)35(42-30)24(5)40-36(44)33-34(38)39-22-31(41-33)26-18-20-29(21-19-26)46-23(3)4/h6-15,18-24H,1H2,2-5H3,(H2,38,39)(H,40,44)/b25-7+/t24-/m1/s1. The number of hydrogen-bond donors (Lipinski definition) is 2. The molecule has 0 unspecified atom stereocenters. The lowest BCUT2D eigenvalue weighted by Crippen LogP contribution is -2.34. The topological polar surface area (TPSA) is 125 Å². The molecule has 1 atom stereocenters. The maximum Gasteiger partial charge on any atom is 0.274 e. The van der Waals surface area contributed by atoms with Crippen LogP contribution in [0.15, 0.2) is 108 Å². The monoisotopic (exact) mass is 610 g/mol. The normalized spacial score (nSPS) is 11.9. The van der Waals surface area contributed by atoms with Crippen LogP contribution in [0.3, 0.4) is 0 Å². The molecule has 0 fully saturated rings. The molecular formula is C37H34N6O3. The van der Waals surface area contributed by atoms with Gasteiger partial charge in [-0.3, -0.25) is 14.2 Å². The van der Waals surface area contributed by atoms with Crippen LogP contribution in [0.25, 0.3) is 27.8 Å². The van der Waals surface area contributed by atoms with Crippen LogP contribution in [0, 0.1) is 11.8 Å². The number of nitrogens with two attached hydrogens (primary N) is 1. The smallest absolute Gasteiger partial charge is 0.274 e. The van der Waals surface area contributed by atoms with E-state index in [9.17, 15) is 9.59 Å². The van der Waals surface area contributed by atoms with Crippen LogP contribution < -0.4 is 21.3 Å². The van der Waals surface area contributed by atoms with E-state index >= 15 is 0 Å². The maximum absolute atomic E-state index is 14.2. The van der Waals surface area contributed by atoms with Crippen molar-refractivity contribution in [1.82, 2.24) is 24.8 Å². The third-order valence-corrected chi connectivity index (χ3v) is 7.08. The molecule has 0 aliphatic rings. The van der Waals surface area contributed by atoms with Gasteiger partial charge in [0.1, 0.15) is 11.6 Å². The van der Waals surface area contributed by atoms with Crippen molar-refractivity contribution in [3.05, 3.63) is 131 Å². The zero-order valence-electron chi connectivity index (χ0n) is 26.1. The van der Waals surface area contributed by atoms with E-state index < -0.39 is 11.9 Å². The van der Waals surface area contributed by atoms with Gasteiger partial charge in [0.25, 0.3) is 11.5 Å². The summed E-state index contributed by atoms with van der Waals surface area (Å²) in [5, 5.41) is 3.29. The molecule has 2 aromatic heterocycles. The summed E-state index contributed by atoms with van der Waals surface area (Å²) in [7, 11) is 0. The van der Waals surface area contributed by atoms with Crippen LogP contribution in [0.1, 0.15) is 55.6 Å². The number of nitrogens with one attached hydrogen (secondary N) is 1. The van der Waals surface area contributed by atoms with Gasteiger partial charge in [-0.15, -0.1) is 0 Å². The van der Waals surface area contributed by atoms with E-state index in [0.29, 0.717) is 33.7 Å². The average molecular weight is 611 g/mol. The first-order valence-corrected chi connectivity index (χ1v) is 14.8. The van der Waals surface area contributed by atoms with Crippen LogP contribution in [0.2, 0.25) is 0 Å². The van der Waals surface area contributed by atoms with Crippen LogP contribution in [-0.4, -0.2) is 31.5 Å². The third kappa shape index (κ3) is 6.71. The number of amides is 1. The van der Waals surface area contributed by atoms with Crippen molar-refractivity contribution in [2.24, 2.45) is 0 Å². The van der Waals surface area contributed by atoms with Crippen LogP contribution in [-0.2, 0) is 0 Å². The summed E-state index contributed by atoms with van der Waals surface area (Å²) in [5.41, 5.74) is 9.29. The number of carbonyl (C=O) groups is 1. The lowest BCUT2D eigenvalue weighted by atomic mass is 10.1. The van der Waals surface area contributed by atoms with Crippen molar-refractivity contribution in [3.63, 3.8) is 0 Å². The zero-order valence-corrected chi connectivity index (χ0v) is 26.1. The van der Waals surface area contributed by atoms with Gasteiger partial charge in [-0.25, -0.2) is 15.0 Å².